The van der Waals surface area contributed by atoms with Crippen LogP contribution in [0.15, 0.2) is 46.8 Å². The summed E-state index contributed by atoms with van der Waals surface area (Å²) in [5, 5.41) is 3.37. The Kier molecular flexibility index (Phi) is 5.93. The van der Waals surface area contributed by atoms with Gasteiger partial charge in [0, 0.05) is 48.1 Å². The number of carbonyl (C=O) groups is 2. The molecule has 1 aromatic carbocycles. The third-order valence-electron chi connectivity index (χ3n) is 6.34. The Morgan fingerprint density at radius 3 is 2.52 bits per heavy atom. The number of anilines is 1. The summed E-state index contributed by atoms with van der Waals surface area (Å²) >= 11 is 0. The van der Waals surface area contributed by atoms with Crippen LogP contribution in [0.3, 0.4) is 0 Å². The summed E-state index contributed by atoms with van der Waals surface area (Å²) in [6.45, 7) is 11.4. The Bertz CT molecular complexity index is 937. The highest BCUT2D eigenvalue weighted by Gasteiger charge is 2.43. The monoisotopic (exact) mass is 424 g/mol. The number of rotatable bonds is 4. The van der Waals surface area contributed by atoms with E-state index in [0.717, 1.165) is 55.4 Å². The van der Waals surface area contributed by atoms with Crippen LogP contribution in [-0.2, 0) is 19.1 Å². The number of Topliss-reactive ketones (excluding diaryl/α,β-unsaturated/α-hetero) is 1. The number of hydrogen-bond donors (Lipinski definition) is 1. The van der Waals surface area contributed by atoms with Crippen LogP contribution in [0.1, 0.15) is 52.0 Å². The van der Waals surface area contributed by atoms with Crippen molar-refractivity contribution in [2.24, 2.45) is 5.41 Å². The molecule has 1 fully saturated rings. The van der Waals surface area contributed by atoms with E-state index in [1.165, 1.54) is 0 Å². The first kappa shape index (κ1) is 21.6. The van der Waals surface area contributed by atoms with Gasteiger partial charge in [0.1, 0.15) is 0 Å². The van der Waals surface area contributed by atoms with E-state index in [9.17, 15) is 9.59 Å². The van der Waals surface area contributed by atoms with Crippen molar-refractivity contribution >= 4 is 17.4 Å². The topological polar surface area (TPSA) is 67.9 Å². The average Bonchev–Trinajstić information content (AvgIpc) is 2.72. The number of ether oxygens (including phenoxy) is 2. The molecule has 1 aromatic rings. The summed E-state index contributed by atoms with van der Waals surface area (Å²) < 4.78 is 10.8. The lowest BCUT2D eigenvalue weighted by atomic mass is 9.68. The fraction of sp³-hybridized carbons (Fsp3) is 0.520. The van der Waals surface area contributed by atoms with Gasteiger partial charge in [0.15, 0.2) is 5.78 Å². The van der Waals surface area contributed by atoms with Crippen molar-refractivity contribution < 1.29 is 19.1 Å². The van der Waals surface area contributed by atoms with Gasteiger partial charge in [-0.05, 0) is 43.4 Å². The van der Waals surface area contributed by atoms with Gasteiger partial charge in [-0.25, -0.2) is 4.79 Å². The summed E-state index contributed by atoms with van der Waals surface area (Å²) in [4.78, 5) is 28.5. The lowest BCUT2D eigenvalue weighted by Crippen LogP contribution is -2.38. The minimum absolute atomic E-state index is 0.102. The molecule has 0 bridgehead atoms. The summed E-state index contributed by atoms with van der Waals surface area (Å²) in [7, 11) is 0. The first-order valence-corrected chi connectivity index (χ1v) is 11.1. The Balaban J connectivity index is 1.75. The van der Waals surface area contributed by atoms with E-state index in [-0.39, 0.29) is 17.2 Å². The van der Waals surface area contributed by atoms with Gasteiger partial charge >= 0.3 is 5.97 Å². The molecule has 166 valence electrons. The number of esters is 1. The Morgan fingerprint density at radius 2 is 1.87 bits per heavy atom. The molecule has 0 saturated carbocycles. The van der Waals surface area contributed by atoms with Gasteiger partial charge in [-0.3, -0.25) is 4.79 Å². The Morgan fingerprint density at radius 1 is 1.19 bits per heavy atom. The molecule has 0 unspecified atom stereocenters. The molecule has 0 spiro atoms. The van der Waals surface area contributed by atoms with Crippen molar-refractivity contribution in [1.82, 2.24) is 5.32 Å². The number of ketones is 1. The van der Waals surface area contributed by atoms with Crippen molar-refractivity contribution in [2.75, 3.05) is 37.8 Å². The third kappa shape index (κ3) is 4.26. The number of hydrogen-bond acceptors (Lipinski definition) is 6. The second kappa shape index (κ2) is 8.50. The lowest BCUT2D eigenvalue weighted by Gasteiger charge is -2.39. The molecule has 1 saturated heterocycles. The van der Waals surface area contributed by atoms with Gasteiger partial charge in [0.05, 0.1) is 25.4 Å². The molecule has 4 rings (SSSR count). The number of dihydropyridines is 1. The molecule has 2 heterocycles. The fourth-order valence-corrected chi connectivity index (χ4v) is 4.95. The highest BCUT2D eigenvalue weighted by molar-refractivity contribution is 6.04. The van der Waals surface area contributed by atoms with Crippen molar-refractivity contribution in [2.45, 2.75) is 46.5 Å². The predicted octanol–water partition coefficient (Wildman–Crippen LogP) is 3.69. The Labute approximate surface area is 184 Å². The molecule has 6 heteroatoms. The molecular weight excluding hydrogens is 392 g/mol. The first-order valence-electron chi connectivity index (χ1n) is 11.1. The zero-order valence-corrected chi connectivity index (χ0v) is 18.9. The van der Waals surface area contributed by atoms with Crippen LogP contribution >= 0.6 is 0 Å². The van der Waals surface area contributed by atoms with Crippen LogP contribution in [0.25, 0.3) is 0 Å². The van der Waals surface area contributed by atoms with E-state index >= 15 is 0 Å². The van der Waals surface area contributed by atoms with Crippen molar-refractivity contribution in [3.63, 3.8) is 0 Å². The third-order valence-corrected chi connectivity index (χ3v) is 6.34. The van der Waals surface area contributed by atoms with Crippen LogP contribution in [0.5, 0.6) is 0 Å². The maximum absolute atomic E-state index is 13.3. The maximum Gasteiger partial charge on any atom is 0.336 e. The van der Waals surface area contributed by atoms with Crippen LogP contribution in [-0.4, -0.2) is 44.7 Å². The SMILES string of the molecule is CCOC(=O)C1=C(C)NC2=C(C(=O)CC(C)(C)C2)[C@H]1c1ccc(N2CCOCC2)cc1. The van der Waals surface area contributed by atoms with Crippen molar-refractivity contribution in [1.29, 1.82) is 0 Å². The van der Waals surface area contributed by atoms with Crippen molar-refractivity contribution in [3.8, 4) is 0 Å². The average molecular weight is 425 g/mol. The standard InChI is InChI=1S/C25H32N2O4/c1-5-31-24(29)21-16(2)26-19-14-25(3,4)15-20(28)23(19)22(21)17-6-8-18(9-7-17)27-10-12-30-13-11-27/h6-9,22,26H,5,10-15H2,1-4H3/t22-/m0/s1. The number of nitrogens with one attached hydrogen (secondary N) is 1. The predicted molar refractivity (Wildman–Crippen MR) is 120 cm³/mol. The summed E-state index contributed by atoms with van der Waals surface area (Å²) in [5.74, 6) is -0.660. The number of nitrogens with zero attached hydrogens (tertiary/aromatic N) is 1. The molecule has 3 aliphatic rings. The fourth-order valence-electron chi connectivity index (χ4n) is 4.95. The van der Waals surface area contributed by atoms with E-state index in [2.05, 4.69) is 36.2 Å². The second-order valence-electron chi connectivity index (χ2n) is 9.34. The van der Waals surface area contributed by atoms with Gasteiger partial charge in [-0.15, -0.1) is 0 Å². The van der Waals surface area contributed by atoms with E-state index < -0.39 is 5.92 Å². The van der Waals surface area contributed by atoms with E-state index in [4.69, 9.17) is 9.47 Å². The van der Waals surface area contributed by atoms with Crippen LogP contribution in [0.2, 0.25) is 0 Å². The van der Waals surface area contributed by atoms with Gasteiger partial charge in [0.25, 0.3) is 0 Å². The molecule has 1 N–H and O–H groups in total. The zero-order valence-electron chi connectivity index (χ0n) is 18.9. The highest BCUT2D eigenvalue weighted by atomic mass is 16.5. The van der Waals surface area contributed by atoms with Gasteiger partial charge < -0.3 is 19.7 Å². The second-order valence-corrected chi connectivity index (χ2v) is 9.34. The lowest BCUT2D eigenvalue weighted by molar-refractivity contribution is -0.138. The summed E-state index contributed by atoms with van der Waals surface area (Å²) in [6, 6.07) is 8.26. The molecule has 0 aromatic heterocycles. The van der Waals surface area contributed by atoms with Crippen LogP contribution in [0.4, 0.5) is 5.69 Å². The van der Waals surface area contributed by atoms with Crippen LogP contribution in [0, 0.1) is 5.41 Å². The van der Waals surface area contributed by atoms with E-state index in [0.29, 0.717) is 24.2 Å². The molecule has 0 radical (unpaired) electrons. The largest absolute Gasteiger partial charge is 0.463 e. The molecule has 31 heavy (non-hydrogen) atoms. The molecule has 1 atom stereocenters. The Hall–Kier alpha value is -2.60. The highest BCUT2D eigenvalue weighted by Crippen LogP contribution is 2.47. The maximum atomic E-state index is 13.3. The normalized spacial score (nSPS) is 23.4. The minimum Gasteiger partial charge on any atom is -0.463 e. The smallest absolute Gasteiger partial charge is 0.336 e. The molecule has 0 amide bonds. The molecular formula is C25H32N2O4. The van der Waals surface area contributed by atoms with Crippen LogP contribution < -0.4 is 10.2 Å². The number of allylic oxidation sites excluding steroid dienone is 3. The van der Waals surface area contributed by atoms with Gasteiger partial charge in [-0.2, -0.15) is 0 Å². The first-order chi connectivity index (χ1) is 14.8. The molecule has 1 aliphatic carbocycles. The minimum atomic E-state index is -0.405. The number of morpholine rings is 1. The quantitative estimate of drug-likeness (QED) is 0.744. The van der Waals surface area contributed by atoms with Gasteiger partial charge in [-0.1, -0.05) is 26.0 Å². The van der Waals surface area contributed by atoms with Crippen molar-refractivity contribution in [3.05, 3.63) is 52.4 Å². The van der Waals surface area contributed by atoms with E-state index in [1.54, 1.807) is 6.92 Å². The molecule has 6 nitrogen and oxygen atoms in total. The summed E-state index contributed by atoms with van der Waals surface area (Å²) in [5.41, 5.74) is 4.93. The zero-order chi connectivity index (χ0) is 22.2. The molecule has 2 aliphatic heterocycles. The number of carbonyl (C=O) groups excluding carboxylic acids is 2. The van der Waals surface area contributed by atoms with E-state index in [1.807, 2.05) is 19.1 Å². The number of benzene rings is 1. The summed E-state index contributed by atoms with van der Waals surface area (Å²) in [6.07, 6.45) is 1.26. The van der Waals surface area contributed by atoms with Gasteiger partial charge in [0.2, 0.25) is 0 Å².